The molecule has 3 atom stereocenters. The number of aliphatic carboxylic acids is 1. The first-order valence-corrected chi connectivity index (χ1v) is 10.4. The fourth-order valence-electron chi connectivity index (χ4n) is 3.38. The van der Waals surface area contributed by atoms with Gasteiger partial charge in [0.25, 0.3) is 0 Å². The second-order valence-electron chi connectivity index (χ2n) is 7.72. The van der Waals surface area contributed by atoms with Crippen LogP contribution in [0.4, 0.5) is 0 Å². The number of aliphatic hydroxyl groups excluding tert-OH is 1. The van der Waals surface area contributed by atoms with Crippen molar-refractivity contribution in [1.29, 1.82) is 0 Å². The van der Waals surface area contributed by atoms with Gasteiger partial charge in [-0.25, -0.2) is 4.79 Å². The van der Waals surface area contributed by atoms with E-state index >= 15 is 0 Å². The minimum Gasteiger partial charge on any atom is -0.493 e. The predicted molar refractivity (Wildman–Crippen MR) is 119 cm³/mol. The molecular weight excluding hydrogens is 398 g/mol. The Kier molecular flexibility index (Phi) is 9.78. The van der Waals surface area contributed by atoms with E-state index in [2.05, 4.69) is 6.92 Å². The van der Waals surface area contributed by atoms with Crippen LogP contribution in [0.2, 0.25) is 0 Å². The van der Waals surface area contributed by atoms with Gasteiger partial charge in [0, 0.05) is 26.2 Å². The lowest BCUT2D eigenvalue weighted by Gasteiger charge is -2.21. The maximum absolute atomic E-state index is 11.0. The summed E-state index contributed by atoms with van der Waals surface area (Å²) < 4.78 is 16.3. The highest BCUT2D eigenvalue weighted by Gasteiger charge is 2.19. The second kappa shape index (κ2) is 12.3. The van der Waals surface area contributed by atoms with Crippen LogP contribution < -0.4 is 15.2 Å². The zero-order valence-electron chi connectivity index (χ0n) is 18.4. The van der Waals surface area contributed by atoms with Crippen molar-refractivity contribution >= 4 is 5.97 Å². The highest BCUT2D eigenvalue weighted by Crippen LogP contribution is 2.29. The van der Waals surface area contributed by atoms with Gasteiger partial charge in [-0.05, 0) is 47.6 Å². The Bertz CT molecular complexity index is 841. The lowest BCUT2D eigenvalue weighted by atomic mass is 9.89. The monoisotopic (exact) mass is 431 g/mol. The lowest BCUT2D eigenvalue weighted by Crippen LogP contribution is -2.32. The van der Waals surface area contributed by atoms with Gasteiger partial charge in [0.05, 0.1) is 13.7 Å². The Hall–Kier alpha value is -2.61. The maximum atomic E-state index is 11.0. The van der Waals surface area contributed by atoms with E-state index in [1.807, 2.05) is 24.3 Å². The molecule has 2 aromatic rings. The van der Waals surface area contributed by atoms with Crippen LogP contribution in [-0.2, 0) is 22.4 Å². The molecule has 1 unspecified atom stereocenters. The van der Waals surface area contributed by atoms with Gasteiger partial charge in [0.1, 0.15) is 0 Å². The largest absolute Gasteiger partial charge is 0.493 e. The fourth-order valence-corrected chi connectivity index (χ4v) is 3.38. The average Bonchev–Trinajstić information content (AvgIpc) is 2.76. The number of methoxy groups -OCH3 is 2. The van der Waals surface area contributed by atoms with Crippen LogP contribution in [0.5, 0.6) is 11.5 Å². The van der Waals surface area contributed by atoms with E-state index in [1.165, 1.54) is 0 Å². The first-order valence-electron chi connectivity index (χ1n) is 10.4. The molecule has 0 saturated heterocycles. The SMILES string of the molecule is COCCCOc1cc(C[C@H](N)C(C)Cc2cccc([C@@H](O)C(=O)O)c2)ccc1OC. The smallest absolute Gasteiger partial charge is 0.337 e. The Labute approximate surface area is 183 Å². The third-order valence-corrected chi connectivity index (χ3v) is 5.24. The van der Waals surface area contributed by atoms with Crippen molar-refractivity contribution in [2.75, 3.05) is 27.4 Å². The minimum absolute atomic E-state index is 0.109. The van der Waals surface area contributed by atoms with Crippen molar-refractivity contribution in [3.8, 4) is 11.5 Å². The van der Waals surface area contributed by atoms with Crippen LogP contribution >= 0.6 is 0 Å². The van der Waals surface area contributed by atoms with E-state index in [9.17, 15) is 9.90 Å². The molecule has 0 radical (unpaired) electrons. The third kappa shape index (κ3) is 7.54. The highest BCUT2D eigenvalue weighted by molar-refractivity contribution is 5.74. The van der Waals surface area contributed by atoms with E-state index in [-0.39, 0.29) is 12.0 Å². The summed E-state index contributed by atoms with van der Waals surface area (Å²) in [4.78, 5) is 11.0. The predicted octanol–water partition coefficient (Wildman–Crippen LogP) is 2.98. The summed E-state index contributed by atoms with van der Waals surface area (Å²) in [5.41, 5.74) is 8.84. The lowest BCUT2D eigenvalue weighted by molar-refractivity contribution is -0.146. The van der Waals surface area contributed by atoms with Gasteiger partial charge in [-0.15, -0.1) is 0 Å². The minimum atomic E-state index is -1.52. The third-order valence-electron chi connectivity index (χ3n) is 5.24. The van der Waals surface area contributed by atoms with Crippen molar-refractivity contribution in [2.24, 2.45) is 11.7 Å². The number of nitrogens with two attached hydrogens (primary N) is 1. The van der Waals surface area contributed by atoms with Crippen LogP contribution in [-0.4, -0.2) is 49.7 Å². The number of hydrogen-bond donors (Lipinski definition) is 3. The van der Waals surface area contributed by atoms with Gasteiger partial charge < -0.3 is 30.2 Å². The molecular formula is C24H33NO6. The van der Waals surface area contributed by atoms with E-state index < -0.39 is 12.1 Å². The number of rotatable bonds is 13. The van der Waals surface area contributed by atoms with Gasteiger partial charge in [-0.3, -0.25) is 0 Å². The van der Waals surface area contributed by atoms with E-state index in [4.69, 9.17) is 25.1 Å². The molecule has 0 bridgehead atoms. The molecule has 31 heavy (non-hydrogen) atoms. The van der Waals surface area contributed by atoms with Gasteiger partial charge >= 0.3 is 5.97 Å². The molecule has 0 aliphatic carbocycles. The summed E-state index contributed by atoms with van der Waals surface area (Å²) in [6, 6.07) is 12.7. The summed E-state index contributed by atoms with van der Waals surface area (Å²) in [6.45, 7) is 3.24. The second-order valence-corrected chi connectivity index (χ2v) is 7.72. The number of carboxylic acids is 1. The molecule has 2 aromatic carbocycles. The Balaban J connectivity index is 2.01. The van der Waals surface area contributed by atoms with E-state index in [0.29, 0.717) is 43.1 Å². The summed E-state index contributed by atoms with van der Waals surface area (Å²) >= 11 is 0. The Morgan fingerprint density at radius 2 is 1.77 bits per heavy atom. The first kappa shape index (κ1) is 24.7. The topological polar surface area (TPSA) is 111 Å². The molecule has 0 aliphatic rings. The molecule has 0 heterocycles. The summed E-state index contributed by atoms with van der Waals surface area (Å²) in [5.74, 6) is 0.245. The Morgan fingerprint density at radius 1 is 1.03 bits per heavy atom. The van der Waals surface area contributed by atoms with Crippen LogP contribution in [0, 0.1) is 5.92 Å². The number of hydrogen-bond acceptors (Lipinski definition) is 6. The number of aliphatic hydroxyl groups is 1. The number of benzene rings is 2. The average molecular weight is 432 g/mol. The Morgan fingerprint density at radius 3 is 2.45 bits per heavy atom. The van der Waals surface area contributed by atoms with Crippen molar-refractivity contribution in [2.45, 2.75) is 38.3 Å². The van der Waals surface area contributed by atoms with Crippen molar-refractivity contribution in [3.63, 3.8) is 0 Å². The van der Waals surface area contributed by atoms with Crippen LogP contribution in [0.25, 0.3) is 0 Å². The molecule has 0 amide bonds. The summed E-state index contributed by atoms with van der Waals surface area (Å²) in [6.07, 6.45) is 0.607. The molecule has 7 nitrogen and oxygen atoms in total. The summed E-state index contributed by atoms with van der Waals surface area (Å²) in [5, 5.41) is 18.8. The highest BCUT2D eigenvalue weighted by atomic mass is 16.5. The van der Waals surface area contributed by atoms with Crippen molar-refractivity contribution in [3.05, 3.63) is 59.2 Å². The van der Waals surface area contributed by atoms with E-state index in [0.717, 1.165) is 17.5 Å². The molecule has 170 valence electrons. The van der Waals surface area contributed by atoms with Gasteiger partial charge in [-0.1, -0.05) is 37.3 Å². The number of ether oxygens (including phenoxy) is 3. The van der Waals surface area contributed by atoms with E-state index in [1.54, 1.807) is 32.4 Å². The first-order chi connectivity index (χ1) is 14.8. The number of carboxylic acid groups (broad SMARTS) is 1. The quantitative estimate of drug-likeness (QED) is 0.418. The van der Waals surface area contributed by atoms with Crippen LogP contribution in [0.15, 0.2) is 42.5 Å². The summed E-state index contributed by atoms with van der Waals surface area (Å²) in [7, 11) is 3.27. The molecule has 0 aliphatic heterocycles. The standard InChI is InChI=1S/C24H33NO6/c1-16(12-17-6-4-7-19(13-17)23(26)24(27)28)20(25)14-18-8-9-21(30-3)22(15-18)31-11-5-10-29-2/h4,6-9,13,15-16,20,23,26H,5,10-12,14,25H2,1-3H3,(H,27,28)/t16?,20-,23+/m0/s1. The zero-order valence-corrected chi connectivity index (χ0v) is 18.4. The van der Waals surface area contributed by atoms with Gasteiger partial charge in [-0.2, -0.15) is 0 Å². The van der Waals surface area contributed by atoms with Gasteiger partial charge in [0.15, 0.2) is 17.6 Å². The van der Waals surface area contributed by atoms with Crippen LogP contribution in [0.1, 0.15) is 36.1 Å². The normalized spacial score (nSPS) is 14.0. The fraction of sp³-hybridized carbons (Fsp3) is 0.458. The van der Waals surface area contributed by atoms with Crippen LogP contribution in [0.3, 0.4) is 0 Å². The molecule has 2 rings (SSSR count). The number of carbonyl (C=O) groups is 1. The van der Waals surface area contributed by atoms with Gasteiger partial charge in [0.2, 0.25) is 0 Å². The van der Waals surface area contributed by atoms with Crippen molar-refractivity contribution in [1.82, 2.24) is 0 Å². The molecule has 4 N–H and O–H groups in total. The molecule has 0 saturated carbocycles. The molecule has 0 spiro atoms. The van der Waals surface area contributed by atoms with Crippen molar-refractivity contribution < 1.29 is 29.2 Å². The zero-order chi connectivity index (χ0) is 22.8. The maximum Gasteiger partial charge on any atom is 0.337 e. The molecule has 0 aromatic heterocycles. The molecule has 7 heteroatoms. The molecule has 0 fully saturated rings.